The van der Waals surface area contributed by atoms with Crippen LogP contribution >= 0.6 is 0 Å². The first-order chi connectivity index (χ1) is 16.4. The molecule has 3 atom stereocenters. The van der Waals surface area contributed by atoms with Gasteiger partial charge in [0.25, 0.3) is 5.91 Å². The van der Waals surface area contributed by atoms with E-state index in [1.807, 2.05) is 48.2 Å². The maximum Gasteiger partial charge on any atom is 0.251 e. The number of rotatable bonds is 5. The molecule has 3 aliphatic rings. The summed E-state index contributed by atoms with van der Waals surface area (Å²) in [6.45, 7) is 7.20. The van der Waals surface area contributed by atoms with Gasteiger partial charge in [0.2, 0.25) is 5.91 Å². The van der Waals surface area contributed by atoms with Gasteiger partial charge in [-0.05, 0) is 74.4 Å². The van der Waals surface area contributed by atoms with Crippen molar-refractivity contribution in [2.45, 2.75) is 64.6 Å². The van der Waals surface area contributed by atoms with Gasteiger partial charge in [-0.2, -0.15) is 0 Å². The first-order valence-electron chi connectivity index (χ1n) is 12.4. The van der Waals surface area contributed by atoms with Gasteiger partial charge in [-0.1, -0.05) is 13.0 Å². The lowest BCUT2D eigenvalue weighted by Crippen LogP contribution is -2.51. The number of amides is 2. The van der Waals surface area contributed by atoms with Gasteiger partial charge in [0.1, 0.15) is 5.82 Å². The number of anilines is 2. The molecule has 2 aliphatic heterocycles. The van der Waals surface area contributed by atoms with Gasteiger partial charge in [-0.3, -0.25) is 9.59 Å². The molecule has 0 radical (unpaired) electrons. The molecule has 2 aromatic rings. The van der Waals surface area contributed by atoms with Crippen molar-refractivity contribution >= 4 is 23.3 Å². The number of hydrogen-bond acceptors (Lipinski definition) is 5. The molecule has 0 spiro atoms. The van der Waals surface area contributed by atoms with E-state index in [-0.39, 0.29) is 35.9 Å². The molecule has 180 valence electrons. The Labute approximate surface area is 201 Å². The molecule has 1 aliphatic carbocycles. The van der Waals surface area contributed by atoms with Gasteiger partial charge in [-0.15, -0.1) is 0 Å². The Morgan fingerprint density at radius 3 is 2.53 bits per heavy atom. The van der Waals surface area contributed by atoms with E-state index in [9.17, 15) is 9.59 Å². The van der Waals surface area contributed by atoms with Crippen molar-refractivity contribution < 1.29 is 14.3 Å². The molecule has 2 amide bonds. The first kappa shape index (κ1) is 22.8. The van der Waals surface area contributed by atoms with Crippen LogP contribution in [0.2, 0.25) is 0 Å². The second-order valence-electron chi connectivity index (χ2n) is 10.00. The molecule has 2 fully saturated rings. The van der Waals surface area contributed by atoms with E-state index in [0.717, 1.165) is 48.4 Å². The molecule has 2 N–H and O–H groups in total. The monoisotopic (exact) mass is 462 g/mol. The highest BCUT2D eigenvalue weighted by Crippen LogP contribution is 2.50. The summed E-state index contributed by atoms with van der Waals surface area (Å²) < 4.78 is 5.42. The Balaban J connectivity index is 1.52. The molecule has 3 heterocycles. The average Bonchev–Trinajstić information content (AvgIpc) is 3.66. The van der Waals surface area contributed by atoms with E-state index >= 15 is 0 Å². The topological polar surface area (TPSA) is 83.6 Å². The summed E-state index contributed by atoms with van der Waals surface area (Å²) in [5.74, 6) is 1.47. The minimum absolute atomic E-state index is 0.0523. The number of aryl methyl sites for hydroxylation is 1. The molecule has 5 rings (SSSR count). The van der Waals surface area contributed by atoms with Crippen molar-refractivity contribution in [3.8, 4) is 0 Å². The minimum atomic E-state index is -0.0755. The number of ether oxygens (including phenoxy) is 1. The van der Waals surface area contributed by atoms with Gasteiger partial charge < -0.3 is 20.3 Å². The number of nitrogens with zero attached hydrogens (tertiary/aromatic N) is 2. The van der Waals surface area contributed by atoms with Gasteiger partial charge >= 0.3 is 0 Å². The molecular weight excluding hydrogens is 428 g/mol. The van der Waals surface area contributed by atoms with Gasteiger partial charge in [0.15, 0.2) is 0 Å². The Hall–Kier alpha value is -2.93. The van der Waals surface area contributed by atoms with Gasteiger partial charge in [0, 0.05) is 55.1 Å². The highest BCUT2D eigenvalue weighted by Gasteiger charge is 2.47. The lowest BCUT2D eigenvalue weighted by Gasteiger charge is -2.46. The van der Waals surface area contributed by atoms with E-state index in [4.69, 9.17) is 4.74 Å². The SMILES string of the molecule is CC(=O)N1c2ccc(C(=O)NC3CCOCC3)cc2[C@H](Nc2cccc(C)n2)[C@@H](C)[C@@H]1C1CC1. The Morgan fingerprint density at radius 2 is 1.85 bits per heavy atom. The van der Waals surface area contributed by atoms with Crippen molar-refractivity contribution in [1.82, 2.24) is 10.3 Å². The standard InChI is InChI=1S/C27H34N4O3/c1-16-5-4-6-24(28-16)30-25-17(2)26(19-7-8-19)31(18(3)32)23-10-9-20(15-22(23)25)27(33)29-21-11-13-34-14-12-21/h4-6,9-10,15,17,19,21,25-26H,7-8,11-14H2,1-3H3,(H,28,30)(H,29,33)/t17-,25-,26-/m1/s1. The number of pyridine rings is 1. The molecular formula is C27H34N4O3. The number of fused-ring (bicyclic) bond motifs is 1. The first-order valence-corrected chi connectivity index (χ1v) is 12.4. The molecule has 7 heteroatoms. The van der Waals surface area contributed by atoms with Crippen LogP contribution in [0.5, 0.6) is 0 Å². The Kier molecular flexibility index (Phi) is 6.30. The average molecular weight is 463 g/mol. The molecule has 0 unspecified atom stereocenters. The quantitative estimate of drug-likeness (QED) is 0.695. The fourth-order valence-electron chi connectivity index (χ4n) is 5.60. The number of carbonyl (C=O) groups excluding carboxylic acids is 2. The Bertz CT molecular complexity index is 1080. The largest absolute Gasteiger partial charge is 0.381 e. The lowest BCUT2D eigenvalue weighted by molar-refractivity contribution is -0.117. The van der Waals surface area contributed by atoms with Crippen molar-refractivity contribution in [2.75, 3.05) is 23.4 Å². The molecule has 7 nitrogen and oxygen atoms in total. The van der Waals surface area contributed by atoms with Crippen LogP contribution in [0, 0.1) is 18.8 Å². The van der Waals surface area contributed by atoms with E-state index in [1.54, 1.807) is 6.92 Å². The zero-order valence-corrected chi connectivity index (χ0v) is 20.2. The number of aromatic nitrogens is 1. The van der Waals surface area contributed by atoms with Crippen LogP contribution in [-0.2, 0) is 9.53 Å². The summed E-state index contributed by atoms with van der Waals surface area (Å²) in [5, 5.41) is 6.81. The molecule has 34 heavy (non-hydrogen) atoms. The number of nitrogens with one attached hydrogen (secondary N) is 2. The zero-order valence-electron chi connectivity index (χ0n) is 20.2. The summed E-state index contributed by atoms with van der Waals surface area (Å²) in [6.07, 6.45) is 3.96. The summed E-state index contributed by atoms with van der Waals surface area (Å²) in [5.41, 5.74) is 3.44. The second kappa shape index (κ2) is 9.37. The van der Waals surface area contributed by atoms with E-state index in [1.165, 1.54) is 0 Å². The van der Waals surface area contributed by atoms with Crippen LogP contribution in [0.25, 0.3) is 0 Å². The Morgan fingerprint density at radius 1 is 1.09 bits per heavy atom. The minimum Gasteiger partial charge on any atom is -0.381 e. The zero-order chi connectivity index (χ0) is 23.8. The highest BCUT2D eigenvalue weighted by molar-refractivity contribution is 5.98. The number of carbonyl (C=O) groups is 2. The number of benzene rings is 1. The second-order valence-corrected chi connectivity index (χ2v) is 10.00. The summed E-state index contributed by atoms with van der Waals surface area (Å²) >= 11 is 0. The smallest absolute Gasteiger partial charge is 0.251 e. The fourth-order valence-corrected chi connectivity index (χ4v) is 5.60. The van der Waals surface area contributed by atoms with Crippen molar-refractivity contribution in [3.63, 3.8) is 0 Å². The lowest BCUT2D eigenvalue weighted by atomic mass is 9.79. The molecule has 1 saturated heterocycles. The predicted molar refractivity (Wildman–Crippen MR) is 132 cm³/mol. The van der Waals surface area contributed by atoms with E-state index < -0.39 is 0 Å². The third kappa shape index (κ3) is 4.53. The molecule has 0 bridgehead atoms. The van der Waals surface area contributed by atoms with Crippen molar-refractivity contribution in [2.24, 2.45) is 11.8 Å². The summed E-state index contributed by atoms with van der Waals surface area (Å²) in [4.78, 5) is 32.6. The third-order valence-corrected chi connectivity index (χ3v) is 7.44. The van der Waals surface area contributed by atoms with Gasteiger partial charge in [0.05, 0.1) is 6.04 Å². The summed E-state index contributed by atoms with van der Waals surface area (Å²) in [7, 11) is 0. The fraction of sp³-hybridized carbons (Fsp3) is 0.519. The van der Waals surface area contributed by atoms with E-state index in [2.05, 4.69) is 22.5 Å². The van der Waals surface area contributed by atoms with Crippen LogP contribution in [0.3, 0.4) is 0 Å². The summed E-state index contributed by atoms with van der Waals surface area (Å²) in [6, 6.07) is 11.9. The predicted octanol–water partition coefficient (Wildman–Crippen LogP) is 4.23. The number of hydrogen-bond donors (Lipinski definition) is 2. The third-order valence-electron chi connectivity index (χ3n) is 7.44. The molecule has 1 aromatic heterocycles. The highest BCUT2D eigenvalue weighted by atomic mass is 16.5. The van der Waals surface area contributed by atoms with Crippen LogP contribution in [0.1, 0.15) is 67.2 Å². The van der Waals surface area contributed by atoms with Crippen LogP contribution in [0.4, 0.5) is 11.5 Å². The maximum absolute atomic E-state index is 13.1. The molecule has 1 saturated carbocycles. The van der Waals surface area contributed by atoms with E-state index in [0.29, 0.717) is 24.7 Å². The van der Waals surface area contributed by atoms with Crippen molar-refractivity contribution in [1.29, 1.82) is 0 Å². The normalized spacial score (nSPS) is 24.9. The molecule has 1 aromatic carbocycles. The van der Waals surface area contributed by atoms with Gasteiger partial charge in [-0.25, -0.2) is 4.98 Å². The van der Waals surface area contributed by atoms with Crippen molar-refractivity contribution in [3.05, 3.63) is 53.2 Å². The van der Waals surface area contributed by atoms with Crippen LogP contribution in [0.15, 0.2) is 36.4 Å². The van der Waals surface area contributed by atoms with Crippen LogP contribution in [-0.4, -0.2) is 42.1 Å². The van der Waals surface area contributed by atoms with Crippen LogP contribution < -0.4 is 15.5 Å². The maximum atomic E-state index is 13.1.